The molecular formula is C23H23N3O4. The number of hydrogen-bond acceptors (Lipinski definition) is 5. The molecule has 2 aromatic heterocycles. The Kier molecular flexibility index (Phi) is 5.37. The van der Waals surface area contributed by atoms with Gasteiger partial charge in [-0.25, -0.2) is 0 Å². The molecule has 154 valence electrons. The highest BCUT2D eigenvalue weighted by Gasteiger charge is 2.46. The van der Waals surface area contributed by atoms with E-state index in [1.54, 1.807) is 23.2 Å². The van der Waals surface area contributed by atoms with E-state index < -0.39 is 11.6 Å². The van der Waals surface area contributed by atoms with Gasteiger partial charge in [0.2, 0.25) is 0 Å². The number of aliphatic hydroxyl groups is 1. The van der Waals surface area contributed by atoms with Crippen molar-refractivity contribution in [3.8, 4) is 0 Å². The van der Waals surface area contributed by atoms with Crippen molar-refractivity contribution in [1.82, 2.24) is 15.2 Å². The number of nitrogens with zero attached hydrogens (tertiary/aromatic N) is 2. The van der Waals surface area contributed by atoms with Crippen LogP contribution in [-0.2, 0) is 5.54 Å². The lowest BCUT2D eigenvalue weighted by Gasteiger charge is -2.46. The van der Waals surface area contributed by atoms with Gasteiger partial charge in [0.05, 0.1) is 29.0 Å². The molecule has 2 atom stereocenters. The third-order valence-electron chi connectivity index (χ3n) is 5.56. The summed E-state index contributed by atoms with van der Waals surface area (Å²) in [5.41, 5.74) is 1.51. The van der Waals surface area contributed by atoms with Crippen molar-refractivity contribution in [2.24, 2.45) is 0 Å². The summed E-state index contributed by atoms with van der Waals surface area (Å²) in [6.07, 6.45) is 5.39. The van der Waals surface area contributed by atoms with Crippen molar-refractivity contribution >= 4 is 11.8 Å². The summed E-state index contributed by atoms with van der Waals surface area (Å²) in [5.74, 6) is -0.526. The Bertz CT molecular complexity index is 1040. The molecule has 1 aliphatic heterocycles. The monoisotopic (exact) mass is 405 g/mol. The number of amides is 2. The Morgan fingerprint density at radius 1 is 1.20 bits per heavy atom. The van der Waals surface area contributed by atoms with Crippen molar-refractivity contribution in [1.29, 1.82) is 0 Å². The van der Waals surface area contributed by atoms with E-state index in [2.05, 4.69) is 10.3 Å². The van der Waals surface area contributed by atoms with Crippen LogP contribution in [0.3, 0.4) is 0 Å². The van der Waals surface area contributed by atoms with Crippen molar-refractivity contribution in [2.45, 2.75) is 25.0 Å². The fourth-order valence-corrected chi connectivity index (χ4v) is 3.93. The number of aryl methyl sites for hydroxylation is 1. The van der Waals surface area contributed by atoms with Gasteiger partial charge in [-0.1, -0.05) is 30.3 Å². The van der Waals surface area contributed by atoms with Crippen LogP contribution in [-0.4, -0.2) is 46.0 Å². The molecule has 2 amide bonds. The minimum atomic E-state index is -1.02. The second kappa shape index (κ2) is 8.12. The first-order valence-electron chi connectivity index (χ1n) is 9.79. The maximum atomic E-state index is 13.0. The van der Waals surface area contributed by atoms with E-state index in [1.807, 2.05) is 37.3 Å². The zero-order chi connectivity index (χ0) is 21.1. The minimum Gasteiger partial charge on any atom is -0.472 e. The van der Waals surface area contributed by atoms with Crippen LogP contribution in [0.1, 0.15) is 38.3 Å². The zero-order valence-electron chi connectivity index (χ0n) is 16.6. The fraction of sp³-hybridized carbons (Fsp3) is 0.261. The lowest BCUT2D eigenvalue weighted by atomic mass is 9.78. The number of pyridine rings is 1. The van der Waals surface area contributed by atoms with Gasteiger partial charge in [0.25, 0.3) is 11.8 Å². The van der Waals surface area contributed by atoms with Crippen molar-refractivity contribution in [3.05, 3.63) is 89.6 Å². The number of piperidine rings is 1. The maximum Gasteiger partial charge on any atom is 0.257 e. The zero-order valence-corrected chi connectivity index (χ0v) is 16.6. The predicted molar refractivity (Wildman–Crippen MR) is 110 cm³/mol. The summed E-state index contributed by atoms with van der Waals surface area (Å²) in [4.78, 5) is 31.4. The van der Waals surface area contributed by atoms with Crippen LogP contribution in [0.2, 0.25) is 0 Å². The summed E-state index contributed by atoms with van der Waals surface area (Å²) in [7, 11) is 0. The smallest absolute Gasteiger partial charge is 0.257 e. The maximum absolute atomic E-state index is 13.0. The minimum absolute atomic E-state index is 0.0885. The fourth-order valence-electron chi connectivity index (χ4n) is 3.93. The summed E-state index contributed by atoms with van der Waals surface area (Å²) < 4.78 is 5.00. The number of likely N-dealkylation sites (tertiary alicyclic amines) is 1. The molecule has 0 radical (unpaired) electrons. The predicted octanol–water partition coefficient (Wildman–Crippen LogP) is 2.52. The number of carbonyl (C=O) groups excluding carboxylic acids is 2. The molecule has 30 heavy (non-hydrogen) atoms. The molecule has 1 aromatic carbocycles. The first-order valence-corrected chi connectivity index (χ1v) is 9.79. The van der Waals surface area contributed by atoms with Crippen LogP contribution < -0.4 is 5.32 Å². The number of benzene rings is 1. The second-order valence-electron chi connectivity index (χ2n) is 7.57. The van der Waals surface area contributed by atoms with E-state index in [4.69, 9.17) is 4.42 Å². The summed E-state index contributed by atoms with van der Waals surface area (Å²) in [5, 5.41) is 14.2. The highest BCUT2D eigenvalue weighted by molar-refractivity contribution is 5.95. The topological polar surface area (TPSA) is 95.7 Å². The van der Waals surface area contributed by atoms with E-state index in [1.165, 1.54) is 18.7 Å². The average molecular weight is 405 g/mol. The van der Waals surface area contributed by atoms with Gasteiger partial charge in [-0.15, -0.1) is 0 Å². The van der Waals surface area contributed by atoms with E-state index in [9.17, 15) is 14.7 Å². The summed E-state index contributed by atoms with van der Waals surface area (Å²) in [6, 6.07) is 12.7. The van der Waals surface area contributed by atoms with E-state index in [0.717, 1.165) is 11.1 Å². The highest BCUT2D eigenvalue weighted by Crippen LogP contribution is 2.34. The third-order valence-corrected chi connectivity index (χ3v) is 5.56. The molecule has 7 nitrogen and oxygen atoms in total. The summed E-state index contributed by atoms with van der Waals surface area (Å²) in [6.45, 7) is 2.33. The second-order valence-corrected chi connectivity index (χ2v) is 7.57. The van der Waals surface area contributed by atoms with Crippen LogP contribution in [0.5, 0.6) is 0 Å². The van der Waals surface area contributed by atoms with Gasteiger partial charge in [-0.3, -0.25) is 14.6 Å². The molecule has 1 saturated heterocycles. The van der Waals surface area contributed by atoms with Crippen LogP contribution in [0.25, 0.3) is 0 Å². The molecule has 3 heterocycles. The molecule has 1 fully saturated rings. The number of furan rings is 1. The number of aliphatic hydroxyl groups excluding tert-OH is 1. The Hall–Kier alpha value is -3.45. The largest absolute Gasteiger partial charge is 0.472 e. The van der Waals surface area contributed by atoms with Crippen molar-refractivity contribution in [2.75, 3.05) is 13.1 Å². The van der Waals surface area contributed by atoms with Gasteiger partial charge in [0.1, 0.15) is 6.26 Å². The lowest BCUT2D eigenvalue weighted by molar-refractivity contribution is -0.0107. The molecule has 4 rings (SSSR count). The van der Waals surface area contributed by atoms with Gasteiger partial charge < -0.3 is 19.7 Å². The first-order chi connectivity index (χ1) is 14.5. The quantitative estimate of drug-likeness (QED) is 0.695. The van der Waals surface area contributed by atoms with Crippen LogP contribution in [0.15, 0.2) is 71.8 Å². The number of β-amino-alcohol motifs (C(OH)–C–C–N with tert-alkyl or cyclic N) is 1. The SMILES string of the molecule is Cc1cncc(C(=O)N[C@@]2(c3ccccc3)CCN(C(=O)c3ccoc3)C[C@H]2O)c1. The third kappa shape index (κ3) is 3.71. The van der Waals surface area contributed by atoms with Crippen molar-refractivity contribution < 1.29 is 19.1 Å². The molecule has 0 spiro atoms. The molecule has 3 aromatic rings. The molecule has 1 aliphatic rings. The summed E-state index contributed by atoms with van der Waals surface area (Å²) >= 11 is 0. The normalized spacial score (nSPS) is 21.3. The Morgan fingerprint density at radius 2 is 2.00 bits per heavy atom. The molecule has 0 aliphatic carbocycles. The van der Waals surface area contributed by atoms with Gasteiger partial charge in [0.15, 0.2) is 0 Å². The molecule has 0 bridgehead atoms. The van der Waals surface area contributed by atoms with Crippen LogP contribution in [0.4, 0.5) is 0 Å². The number of rotatable bonds is 4. The molecule has 0 saturated carbocycles. The molecule has 7 heteroatoms. The molecule has 0 unspecified atom stereocenters. The van der Waals surface area contributed by atoms with Gasteiger partial charge >= 0.3 is 0 Å². The Labute approximate surface area is 174 Å². The average Bonchev–Trinajstić information content (AvgIpc) is 3.30. The van der Waals surface area contributed by atoms with Gasteiger partial charge in [-0.2, -0.15) is 0 Å². The number of hydrogen-bond donors (Lipinski definition) is 2. The number of aromatic nitrogens is 1. The standard InChI is InChI=1S/C23H23N3O4/c1-16-11-18(13-24-12-16)21(28)25-23(19-5-3-2-4-6-19)8-9-26(14-20(23)27)22(29)17-7-10-30-15-17/h2-7,10-13,15,20,27H,8-9,14H2,1H3,(H,25,28)/t20-,23-/m1/s1. The van der Waals surface area contributed by atoms with Crippen LogP contribution >= 0.6 is 0 Å². The first kappa shape index (κ1) is 19.8. The lowest BCUT2D eigenvalue weighted by Crippen LogP contribution is -2.62. The van der Waals surface area contributed by atoms with Crippen LogP contribution in [0, 0.1) is 6.92 Å². The Morgan fingerprint density at radius 3 is 2.67 bits per heavy atom. The van der Waals surface area contributed by atoms with E-state index >= 15 is 0 Å². The van der Waals surface area contributed by atoms with Gasteiger partial charge in [-0.05, 0) is 36.6 Å². The number of carbonyl (C=O) groups is 2. The molecule has 2 N–H and O–H groups in total. The van der Waals surface area contributed by atoms with E-state index in [-0.39, 0.29) is 18.4 Å². The number of nitrogens with one attached hydrogen (secondary N) is 1. The Balaban J connectivity index is 1.62. The van der Waals surface area contributed by atoms with Crippen molar-refractivity contribution in [3.63, 3.8) is 0 Å². The molecular weight excluding hydrogens is 382 g/mol. The highest BCUT2D eigenvalue weighted by atomic mass is 16.3. The van der Waals surface area contributed by atoms with E-state index in [0.29, 0.717) is 24.1 Å². The van der Waals surface area contributed by atoms with Gasteiger partial charge in [0, 0.05) is 25.5 Å².